The van der Waals surface area contributed by atoms with Crippen LogP contribution in [0, 0.1) is 0 Å². The van der Waals surface area contributed by atoms with Crippen LogP contribution in [-0.2, 0) is 11.2 Å². The fourth-order valence-corrected chi connectivity index (χ4v) is 3.70. The third-order valence-corrected chi connectivity index (χ3v) is 5.35. The van der Waals surface area contributed by atoms with Gasteiger partial charge in [-0.2, -0.15) is 0 Å². The van der Waals surface area contributed by atoms with E-state index in [2.05, 4.69) is 15.0 Å². The largest absolute Gasteiger partial charge is 0.330 e. The molecule has 0 bridgehead atoms. The van der Waals surface area contributed by atoms with Gasteiger partial charge in [0.2, 0.25) is 0 Å². The number of carbonyl (C=O) groups excluding carboxylic acids is 1. The number of rotatable bonds is 18. The lowest BCUT2D eigenvalue weighted by Gasteiger charge is -2.03. The predicted octanol–water partition coefficient (Wildman–Crippen LogP) is 6.49. The lowest BCUT2D eigenvalue weighted by molar-refractivity contribution is -0.106. The van der Waals surface area contributed by atoms with Crippen LogP contribution < -0.4 is 5.73 Å². The maximum Gasteiger partial charge on any atom is 0.116 e. The van der Waals surface area contributed by atoms with Crippen molar-refractivity contribution in [2.24, 2.45) is 5.73 Å². The highest BCUT2D eigenvalue weighted by molar-refractivity contribution is 7.03. The standard InChI is InChI=1S/C20H39N3S.C2H4O/c21-18-16-14-12-10-8-6-4-2-1-3-5-7-9-11-13-15-17-20-19-24-23-22-20;1-2-3/h19H,1-18,21H2;2H,1H3. The summed E-state index contributed by atoms with van der Waals surface area (Å²) in [6.45, 7) is 2.31. The number of aromatic nitrogens is 2. The van der Waals surface area contributed by atoms with Gasteiger partial charge in [-0.1, -0.05) is 94.4 Å². The zero-order chi connectivity index (χ0) is 19.8. The Hall–Kier alpha value is -0.810. The van der Waals surface area contributed by atoms with Crippen molar-refractivity contribution >= 4 is 17.8 Å². The molecule has 5 heteroatoms. The summed E-state index contributed by atoms with van der Waals surface area (Å²) in [6.07, 6.45) is 24.2. The summed E-state index contributed by atoms with van der Waals surface area (Å²) in [6, 6.07) is 0. The molecule has 1 heterocycles. The number of hydrogen-bond donors (Lipinski definition) is 1. The lowest BCUT2D eigenvalue weighted by Crippen LogP contribution is -1.97. The monoisotopic (exact) mass is 397 g/mol. The van der Waals surface area contributed by atoms with Crippen molar-refractivity contribution in [3.05, 3.63) is 11.1 Å². The highest BCUT2D eigenvalue weighted by Gasteiger charge is 1.97. The van der Waals surface area contributed by atoms with Crippen molar-refractivity contribution in [3.8, 4) is 0 Å². The zero-order valence-electron chi connectivity index (χ0n) is 17.7. The van der Waals surface area contributed by atoms with Gasteiger partial charge in [0.05, 0.1) is 5.69 Å². The van der Waals surface area contributed by atoms with Gasteiger partial charge in [0.15, 0.2) is 0 Å². The summed E-state index contributed by atoms with van der Waals surface area (Å²) in [5.74, 6) is 0. The molecule has 4 nitrogen and oxygen atoms in total. The predicted molar refractivity (Wildman–Crippen MR) is 118 cm³/mol. The number of carbonyl (C=O) groups is 1. The van der Waals surface area contributed by atoms with E-state index in [1.54, 1.807) is 0 Å². The quantitative estimate of drug-likeness (QED) is 0.227. The average Bonchev–Trinajstić information content (AvgIpc) is 3.18. The number of aryl methyl sites for hydroxylation is 1. The summed E-state index contributed by atoms with van der Waals surface area (Å²) in [5.41, 5.74) is 6.68. The Morgan fingerprint density at radius 3 is 1.48 bits per heavy atom. The topological polar surface area (TPSA) is 68.9 Å². The first kappa shape index (κ1) is 26.2. The van der Waals surface area contributed by atoms with E-state index in [1.807, 2.05) is 0 Å². The van der Waals surface area contributed by atoms with Crippen LogP contribution in [0.3, 0.4) is 0 Å². The molecule has 0 radical (unpaired) electrons. The van der Waals surface area contributed by atoms with E-state index in [0.29, 0.717) is 0 Å². The molecule has 0 saturated carbocycles. The van der Waals surface area contributed by atoms with Crippen LogP contribution in [-0.4, -0.2) is 22.4 Å². The van der Waals surface area contributed by atoms with Crippen molar-refractivity contribution < 1.29 is 4.79 Å². The molecule has 0 aliphatic heterocycles. The van der Waals surface area contributed by atoms with E-state index >= 15 is 0 Å². The third kappa shape index (κ3) is 21.3. The van der Waals surface area contributed by atoms with Crippen LogP contribution in [0.2, 0.25) is 0 Å². The highest BCUT2D eigenvalue weighted by Crippen LogP contribution is 2.14. The van der Waals surface area contributed by atoms with Crippen molar-refractivity contribution in [1.29, 1.82) is 0 Å². The van der Waals surface area contributed by atoms with E-state index in [4.69, 9.17) is 10.5 Å². The molecule has 0 atom stereocenters. The molecule has 0 aliphatic rings. The normalized spacial score (nSPS) is 10.4. The summed E-state index contributed by atoms with van der Waals surface area (Å²) in [4.78, 5) is 8.81. The fourth-order valence-electron chi connectivity index (χ4n) is 3.22. The Morgan fingerprint density at radius 1 is 0.778 bits per heavy atom. The average molecular weight is 398 g/mol. The van der Waals surface area contributed by atoms with Crippen LogP contribution in [0.15, 0.2) is 5.38 Å². The Labute approximate surface area is 171 Å². The van der Waals surface area contributed by atoms with Gasteiger partial charge in [-0.15, -0.1) is 5.10 Å². The fraction of sp³-hybridized carbons (Fsp3) is 0.864. The molecule has 0 saturated heterocycles. The van der Waals surface area contributed by atoms with E-state index in [9.17, 15) is 0 Å². The number of nitrogens with two attached hydrogens (primary N) is 1. The molecular weight excluding hydrogens is 354 g/mol. The van der Waals surface area contributed by atoms with Gasteiger partial charge in [-0.05, 0) is 44.3 Å². The van der Waals surface area contributed by atoms with Gasteiger partial charge < -0.3 is 10.5 Å². The molecule has 0 amide bonds. The molecule has 2 N–H and O–H groups in total. The van der Waals surface area contributed by atoms with E-state index in [-0.39, 0.29) is 0 Å². The lowest BCUT2D eigenvalue weighted by atomic mass is 10.0. The SMILES string of the molecule is CC=O.NCCCCCCCCCCCCCCCCCCc1csnn1. The van der Waals surface area contributed by atoms with Crippen LogP contribution >= 0.6 is 11.5 Å². The molecule has 0 aliphatic carbocycles. The van der Waals surface area contributed by atoms with Crippen molar-refractivity contribution in [1.82, 2.24) is 9.59 Å². The van der Waals surface area contributed by atoms with Gasteiger partial charge in [0.25, 0.3) is 0 Å². The Morgan fingerprint density at radius 2 is 1.15 bits per heavy atom. The molecule has 0 unspecified atom stereocenters. The molecule has 27 heavy (non-hydrogen) atoms. The minimum absolute atomic E-state index is 0.750. The summed E-state index contributed by atoms with van der Waals surface area (Å²) in [7, 11) is 0. The molecule has 0 spiro atoms. The second kappa shape index (κ2) is 23.2. The Bertz CT molecular complexity index is 385. The van der Waals surface area contributed by atoms with Gasteiger partial charge in [0.1, 0.15) is 6.29 Å². The van der Waals surface area contributed by atoms with Gasteiger partial charge in [0, 0.05) is 5.38 Å². The Balaban J connectivity index is 0.00000210. The first-order chi connectivity index (χ1) is 13.3. The summed E-state index contributed by atoms with van der Waals surface area (Å²) >= 11 is 1.46. The second-order valence-corrected chi connectivity index (χ2v) is 7.94. The van der Waals surface area contributed by atoms with Crippen molar-refractivity contribution in [3.63, 3.8) is 0 Å². The van der Waals surface area contributed by atoms with Crippen molar-refractivity contribution in [2.45, 2.75) is 116 Å². The zero-order valence-corrected chi connectivity index (χ0v) is 18.5. The smallest absolute Gasteiger partial charge is 0.116 e. The molecule has 1 aromatic heterocycles. The van der Waals surface area contributed by atoms with E-state index < -0.39 is 0 Å². The summed E-state index contributed by atoms with van der Waals surface area (Å²) < 4.78 is 3.90. The third-order valence-electron chi connectivity index (χ3n) is 4.79. The first-order valence-electron chi connectivity index (χ1n) is 11.2. The molecule has 0 aromatic carbocycles. The highest BCUT2D eigenvalue weighted by atomic mass is 32.1. The van der Waals surface area contributed by atoms with Gasteiger partial charge >= 0.3 is 0 Å². The first-order valence-corrected chi connectivity index (χ1v) is 12.0. The van der Waals surface area contributed by atoms with Crippen LogP contribution in [0.4, 0.5) is 0 Å². The van der Waals surface area contributed by atoms with Crippen molar-refractivity contribution in [2.75, 3.05) is 6.54 Å². The second-order valence-electron chi connectivity index (χ2n) is 7.33. The van der Waals surface area contributed by atoms with Gasteiger partial charge in [-0.3, -0.25) is 0 Å². The number of unbranched alkanes of at least 4 members (excludes halogenated alkanes) is 15. The van der Waals surface area contributed by atoms with Gasteiger partial charge in [-0.25, -0.2) is 0 Å². The molecule has 0 fully saturated rings. The molecule has 1 aromatic rings. The molecule has 158 valence electrons. The molecular formula is C22H43N3OS. The maximum atomic E-state index is 8.81. The Kier molecular flexibility index (Phi) is 22.5. The minimum atomic E-state index is 0.750. The van der Waals surface area contributed by atoms with E-state index in [0.717, 1.165) is 19.3 Å². The number of aldehydes is 1. The molecule has 1 rings (SSSR count). The summed E-state index contributed by atoms with van der Waals surface area (Å²) in [5, 5.41) is 6.16. The maximum absolute atomic E-state index is 8.81. The van der Waals surface area contributed by atoms with E-state index in [1.165, 1.54) is 127 Å². The number of nitrogens with zero attached hydrogens (tertiary/aromatic N) is 2. The van der Waals surface area contributed by atoms with Crippen LogP contribution in [0.25, 0.3) is 0 Å². The minimum Gasteiger partial charge on any atom is -0.330 e. The number of hydrogen-bond acceptors (Lipinski definition) is 5. The van der Waals surface area contributed by atoms with Crippen LogP contribution in [0.1, 0.15) is 115 Å². The van der Waals surface area contributed by atoms with Crippen LogP contribution in [0.5, 0.6) is 0 Å².